The van der Waals surface area contributed by atoms with Crippen molar-refractivity contribution in [1.29, 1.82) is 0 Å². The fraction of sp³-hybridized carbons (Fsp3) is 0.925. The molecule has 2 N–H and O–H groups in total. The minimum atomic E-state index is -0.897. The minimum Gasteiger partial charge on any atom is -0.462 e. The van der Waals surface area contributed by atoms with Crippen molar-refractivity contribution in [2.24, 2.45) is 45.3 Å². The van der Waals surface area contributed by atoms with Crippen molar-refractivity contribution in [1.82, 2.24) is 5.32 Å². The van der Waals surface area contributed by atoms with Crippen molar-refractivity contribution < 1.29 is 33.7 Å². The summed E-state index contributed by atoms with van der Waals surface area (Å²) in [5.41, 5.74) is -1.52. The van der Waals surface area contributed by atoms with E-state index < -0.39 is 11.6 Å². The van der Waals surface area contributed by atoms with E-state index in [9.17, 15) is 19.5 Å². The van der Waals surface area contributed by atoms with Crippen LogP contribution >= 0.6 is 0 Å². The van der Waals surface area contributed by atoms with Crippen molar-refractivity contribution in [2.75, 3.05) is 6.54 Å². The molecule has 0 aromatic carbocycles. The van der Waals surface area contributed by atoms with Crippen LogP contribution in [0, 0.1) is 45.3 Å². The lowest BCUT2D eigenvalue weighted by Crippen LogP contribution is -2.67. The van der Waals surface area contributed by atoms with Gasteiger partial charge in [-0.25, -0.2) is 0 Å². The molecule has 1 heterocycles. The molecule has 4 aliphatic carbocycles. The Kier molecular flexibility index (Phi) is 10.3. The van der Waals surface area contributed by atoms with Gasteiger partial charge in [0.1, 0.15) is 18.6 Å². The zero-order valence-corrected chi connectivity index (χ0v) is 31.8. The van der Waals surface area contributed by atoms with Gasteiger partial charge in [0.2, 0.25) is 5.91 Å². The molecule has 5 aliphatic rings. The predicted molar refractivity (Wildman–Crippen MR) is 186 cm³/mol. The van der Waals surface area contributed by atoms with Gasteiger partial charge in [0.25, 0.3) is 0 Å². The third kappa shape index (κ3) is 6.37. The number of ether oxygens (including phenoxy) is 3. The first-order valence-electron chi connectivity index (χ1n) is 19.3. The van der Waals surface area contributed by atoms with Crippen molar-refractivity contribution >= 4 is 17.8 Å². The summed E-state index contributed by atoms with van der Waals surface area (Å²) in [6, 6.07) is 0. The number of esters is 2. The Labute approximate surface area is 290 Å². The molecule has 1 aliphatic heterocycles. The van der Waals surface area contributed by atoms with Gasteiger partial charge in [0, 0.05) is 24.8 Å². The smallest absolute Gasteiger partial charge is 0.315 e. The molecule has 4 saturated carbocycles. The maximum Gasteiger partial charge on any atom is 0.315 e. The Morgan fingerprint density at radius 3 is 2.19 bits per heavy atom. The molecular weight excluding hydrogens is 606 g/mol. The van der Waals surface area contributed by atoms with Crippen LogP contribution in [0.4, 0.5) is 0 Å². The van der Waals surface area contributed by atoms with E-state index in [1.54, 1.807) is 6.92 Å². The van der Waals surface area contributed by atoms with E-state index in [1.807, 2.05) is 13.8 Å². The van der Waals surface area contributed by atoms with Gasteiger partial charge in [-0.2, -0.15) is 0 Å². The highest BCUT2D eigenvalue weighted by atomic mass is 16.6. The lowest BCUT2D eigenvalue weighted by Gasteiger charge is -2.70. The van der Waals surface area contributed by atoms with Gasteiger partial charge in [0.15, 0.2) is 0 Å². The largest absolute Gasteiger partial charge is 0.462 e. The maximum absolute atomic E-state index is 13.0. The highest BCUT2D eigenvalue weighted by molar-refractivity contribution is 5.94. The average molecular weight is 674 g/mol. The fourth-order valence-electron chi connectivity index (χ4n) is 12.6. The van der Waals surface area contributed by atoms with Crippen LogP contribution in [-0.2, 0) is 28.6 Å². The molecule has 5 rings (SSSR count). The van der Waals surface area contributed by atoms with Gasteiger partial charge in [-0.1, -0.05) is 54.4 Å². The molecule has 1 amide bonds. The molecule has 0 spiro atoms. The molecule has 0 radical (unpaired) electrons. The SMILES string of the molecule is CCCCCNC(=O)CC(=O)O[C@@H]1CC[C@]2(C)[C@H]3C[C@@H](OC(C)=O)[C@@H]4[C@@H]([C@]5(C)CC[C@H](C(C)(C)O)O5)CC[C@@]4(C)[C@]3(C)CC[C@H]2C1(C)C. The molecule has 8 heteroatoms. The van der Waals surface area contributed by atoms with Gasteiger partial charge in [-0.15, -0.1) is 0 Å². The van der Waals surface area contributed by atoms with Gasteiger partial charge in [-0.05, 0) is 119 Å². The summed E-state index contributed by atoms with van der Waals surface area (Å²) in [4.78, 5) is 38.2. The highest BCUT2D eigenvalue weighted by Gasteiger charge is 2.72. The Hall–Kier alpha value is -1.67. The number of nitrogens with one attached hydrogen (secondary N) is 1. The summed E-state index contributed by atoms with van der Waals surface area (Å²) in [5, 5.41) is 13.7. The normalized spacial score (nSPS) is 43.4. The number of rotatable bonds is 10. The minimum absolute atomic E-state index is 0.0136. The lowest BCUT2D eigenvalue weighted by atomic mass is 9.35. The van der Waals surface area contributed by atoms with Crippen LogP contribution in [0.1, 0.15) is 153 Å². The molecule has 11 atom stereocenters. The molecule has 0 unspecified atom stereocenters. The van der Waals surface area contributed by atoms with Crippen molar-refractivity contribution in [3.05, 3.63) is 0 Å². The fourth-order valence-corrected chi connectivity index (χ4v) is 12.6. The van der Waals surface area contributed by atoms with Crippen LogP contribution in [0.5, 0.6) is 0 Å². The summed E-state index contributed by atoms with van der Waals surface area (Å²) in [5.74, 6) is 0.206. The van der Waals surface area contributed by atoms with E-state index in [-0.39, 0.29) is 75.7 Å². The standard InChI is InChI=1S/C40H67NO7/c1-11-12-13-22-41-32(43)24-33(44)47-30-16-18-37(7)28(35(30,3)4)15-20-38(8)29(37)23-27(46-25(2)42)34-26(14-19-39(34,38)9)40(10)21-17-31(48-40)36(5,6)45/h26-31,34,45H,11-24H2,1-10H3,(H,41,43)/t26-,27+,28-,29+,30+,31+,34-,37-,38+,39+,40-/m0/s1. The van der Waals surface area contributed by atoms with Gasteiger partial charge in [-0.3, -0.25) is 14.4 Å². The third-order valence-electron chi connectivity index (χ3n) is 15.2. The second-order valence-electron chi connectivity index (χ2n) is 18.7. The summed E-state index contributed by atoms with van der Waals surface area (Å²) >= 11 is 0. The zero-order valence-electron chi connectivity index (χ0n) is 31.8. The van der Waals surface area contributed by atoms with E-state index in [0.29, 0.717) is 18.4 Å². The van der Waals surface area contributed by atoms with Crippen molar-refractivity contribution in [2.45, 2.75) is 182 Å². The van der Waals surface area contributed by atoms with Crippen LogP contribution in [0.2, 0.25) is 0 Å². The zero-order chi connectivity index (χ0) is 35.5. The number of fused-ring (bicyclic) bond motifs is 5. The molecule has 0 aromatic rings. The van der Waals surface area contributed by atoms with E-state index in [1.165, 1.54) is 0 Å². The maximum atomic E-state index is 13.0. The Morgan fingerprint density at radius 1 is 0.875 bits per heavy atom. The number of hydrogen-bond acceptors (Lipinski definition) is 7. The monoisotopic (exact) mass is 673 g/mol. The second kappa shape index (κ2) is 13.1. The number of unbranched alkanes of at least 4 members (excludes halogenated alkanes) is 2. The third-order valence-corrected chi connectivity index (χ3v) is 15.2. The summed E-state index contributed by atoms with van der Waals surface area (Å²) in [6.45, 7) is 22.2. The Bertz CT molecular complexity index is 1230. The van der Waals surface area contributed by atoms with E-state index in [2.05, 4.69) is 53.8 Å². The summed E-state index contributed by atoms with van der Waals surface area (Å²) in [7, 11) is 0. The van der Waals surface area contributed by atoms with E-state index in [4.69, 9.17) is 14.2 Å². The molecule has 5 fully saturated rings. The second-order valence-corrected chi connectivity index (χ2v) is 18.7. The molecule has 8 nitrogen and oxygen atoms in total. The first-order valence-corrected chi connectivity index (χ1v) is 19.3. The summed E-state index contributed by atoms with van der Waals surface area (Å²) < 4.78 is 19.3. The number of amides is 1. The van der Waals surface area contributed by atoms with Crippen LogP contribution in [0.25, 0.3) is 0 Å². The number of carbonyl (C=O) groups is 3. The van der Waals surface area contributed by atoms with Crippen LogP contribution in [-0.4, -0.2) is 59.0 Å². The van der Waals surface area contributed by atoms with Crippen LogP contribution < -0.4 is 5.32 Å². The average Bonchev–Trinajstić information content (AvgIpc) is 3.56. The molecule has 1 saturated heterocycles. The number of aliphatic hydroxyl groups is 1. The van der Waals surface area contributed by atoms with Gasteiger partial charge >= 0.3 is 11.9 Å². The summed E-state index contributed by atoms with van der Waals surface area (Å²) in [6.07, 6.45) is 10.7. The Balaban J connectivity index is 1.37. The molecule has 0 bridgehead atoms. The van der Waals surface area contributed by atoms with Gasteiger partial charge < -0.3 is 24.6 Å². The number of hydrogen-bond donors (Lipinski definition) is 2. The van der Waals surface area contributed by atoms with E-state index >= 15 is 0 Å². The molecule has 48 heavy (non-hydrogen) atoms. The van der Waals surface area contributed by atoms with Crippen LogP contribution in [0.3, 0.4) is 0 Å². The first-order chi connectivity index (χ1) is 22.2. The quantitative estimate of drug-likeness (QED) is 0.140. The molecular formula is C40H67NO7. The van der Waals surface area contributed by atoms with Crippen LogP contribution in [0.15, 0.2) is 0 Å². The molecule has 0 aromatic heterocycles. The first kappa shape index (κ1) is 37.6. The van der Waals surface area contributed by atoms with Gasteiger partial charge in [0.05, 0.1) is 17.3 Å². The van der Waals surface area contributed by atoms with Crippen molar-refractivity contribution in [3.63, 3.8) is 0 Å². The number of carbonyl (C=O) groups excluding carboxylic acids is 3. The topological polar surface area (TPSA) is 111 Å². The van der Waals surface area contributed by atoms with E-state index in [0.717, 1.165) is 77.0 Å². The van der Waals surface area contributed by atoms with Crippen molar-refractivity contribution in [3.8, 4) is 0 Å². The highest BCUT2D eigenvalue weighted by Crippen LogP contribution is 2.76. The molecule has 274 valence electrons. The lowest BCUT2D eigenvalue weighted by molar-refractivity contribution is -0.254. The Morgan fingerprint density at radius 2 is 1.56 bits per heavy atom. The predicted octanol–water partition coefficient (Wildman–Crippen LogP) is 7.53.